The van der Waals surface area contributed by atoms with Crippen LogP contribution in [0.25, 0.3) is 5.65 Å². The van der Waals surface area contributed by atoms with Gasteiger partial charge < -0.3 is 9.84 Å². The molecule has 0 aliphatic rings. The van der Waals surface area contributed by atoms with Crippen LogP contribution < -0.4 is 4.74 Å². The second-order valence-corrected chi connectivity index (χ2v) is 4.95. The Kier molecular flexibility index (Phi) is 3.88. The Bertz CT molecular complexity index is 889. The molecular weight excluding hydrogens is 325 g/mol. The molecule has 3 aromatic rings. The lowest BCUT2D eigenvalue weighted by atomic mass is 10.2. The first-order valence-corrected chi connectivity index (χ1v) is 6.86. The molecule has 1 N–H and O–H groups in total. The zero-order chi connectivity index (χ0) is 17.3. The van der Waals surface area contributed by atoms with E-state index in [1.807, 2.05) is 6.07 Å². The summed E-state index contributed by atoms with van der Waals surface area (Å²) in [5.41, 5.74) is -1.77. The Morgan fingerprint density at radius 1 is 1.17 bits per heavy atom. The molecule has 2 heterocycles. The van der Waals surface area contributed by atoms with Crippen molar-refractivity contribution in [3.8, 4) is 5.75 Å². The smallest absolute Gasteiger partial charge is 0.435 e. The Morgan fingerprint density at radius 3 is 2.50 bits per heavy atom. The molecule has 2 aromatic heterocycles. The fourth-order valence-electron chi connectivity index (χ4n) is 2.29. The van der Waals surface area contributed by atoms with Gasteiger partial charge in [0.2, 0.25) is 0 Å². The number of hydrogen-bond acceptors (Lipinski definition) is 3. The van der Waals surface area contributed by atoms with Crippen LogP contribution in [0.1, 0.15) is 21.7 Å². The van der Waals surface area contributed by atoms with Gasteiger partial charge in [-0.25, -0.2) is 9.78 Å². The van der Waals surface area contributed by atoms with Gasteiger partial charge in [0.05, 0.1) is 0 Å². The number of rotatable bonds is 4. The van der Waals surface area contributed by atoms with Gasteiger partial charge in [-0.15, -0.1) is 0 Å². The molecule has 5 nitrogen and oxygen atoms in total. The molecule has 1 aromatic carbocycles. The average molecular weight is 336 g/mol. The van der Waals surface area contributed by atoms with Crippen LogP contribution in [0.3, 0.4) is 0 Å². The lowest BCUT2D eigenvalue weighted by molar-refractivity contribution is -0.141. The summed E-state index contributed by atoms with van der Waals surface area (Å²) in [6.07, 6.45) is -3.67. The number of aromatic carboxylic acids is 1. The maximum absolute atomic E-state index is 13.0. The van der Waals surface area contributed by atoms with E-state index >= 15 is 0 Å². The second-order valence-electron chi connectivity index (χ2n) is 4.95. The minimum atomic E-state index is -4.88. The van der Waals surface area contributed by atoms with E-state index in [0.717, 1.165) is 9.96 Å². The van der Waals surface area contributed by atoms with E-state index in [2.05, 4.69) is 4.98 Å². The van der Waals surface area contributed by atoms with Crippen molar-refractivity contribution in [2.45, 2.75) is 12.8 Å². The summed E-state index contributed by atoms with van der Waals surface area (Å²) in [4.78, 5) is 14.7. The first-order valence-electron chi connectivity index (χ1n) is 6.86. The van der Waals surface area contributed by atoms with Crippen molar-refractivity contribution in [2.75, 3.05) is 0 Å². The summed E-state index contributed by atoms with van der Waals surface area (Å²) >= 11 is 0. The molecule has 24 heavy (non-hydrogen) atoms. The van der Waals surface area contributed by atoms with Gasteiger partial charge in [-0.3, -0.25) is 4.40 Å². The van der Waals surface area contributed by atoms with Crippen molar-refractivity contribution >= 4 is 11.6 Å². The van der Waals surface area contributed by atoms with E-state index < -0.39 is 23.5 Å². The Hall–Kier alpha value is -3.03. The van der Waals surface area contributed by atoms with Gasteiger partial charge in [0.15, 0.2) is 22.8 Å². The van der Waals surface area contributed by atoms with E-state index in [-0.39, 0.29) is 18.0 Å². The Morgan fingerprint density at radius 2 is 1.88 bits per heavy atom. The highest BCUT2D eigenvalue weighted by Gasteiger charge is 2.40. The fraction of sp³-hybridized carbons (Fsp3) is 0.125. The minimum absolute atomic E-state index is 0.0688. The molecule has 0 aliphatic heterocycles. The fourth-order valence-corrected chi connectivity index (χ4v) is 2.29. The maximum atomic E-state index is 13.0. The summed E-state index contributed by atoms with van der Waals surface area (Å²) in [5.74, 6) is -1.64. The molecular formula is C16H11F3N2O3. The highest BCUT2D eigenvalue weighted by atomic mass is 19.4. The van der Waals surface area contributed by atoms with Crippen molar-refractivity contribution in [3.63, 3.8) is 0 Å². The largest absolute Gasteiger partial charge is 0.485 e. The number of halogens is 3. The molecule has 0 saturated heterocycles. The number of aromatic nitrogens is 2. The minimum Gasteiger partial charge on any atom is -0.485 e. The second kappa shape index (κ2) is 5.88. The molecule has 0 bridgehead atoms. The quantitative estimate of drug-likeness (QED) is 0.790. The number of carboxylic acids is 1. The number of carbonyl (C=O) groups is 1. The predicted octanol–water partition coefficient (Wildman–Crippen LogP) is 3.63. The Balaban J connectivity index is 2.05. The number of benzene rings is 1. The van der Waals surface area contributed by atoms with Crippen LogP contribution in [0, 0.1) is 0 Å². The van der Waals surface area contributed by atoms with E-state index in [1.54, 1.807) is 24.3 Å². The Labute approximate surface area is 133 Å². The van der Waals surface area contributed by atoms with Gasteiger partial charge in [-0.1, -0.05) is 30.3 Å². The van der Waals surface area contributed by atoms with E-state index in [1.165, 1.54) is 18.3 Å². The first kappa shape index (κ1) is 15.9. The van der Waals surface area contributed by atoms with Gasteiger partial charge in [0, 0.05) is 6.20 Å². The number of alkyl halides is 3. The molecule has 0 unspecified atom stereocenters. The zero-order valence-corrected chi connectivity index (χ0v) is 12.1. The van der Waals surface area contributed by atoms with Crippen LogP contribution in [0.15, 0.2) is 48.7 Å². The zero-order valence-electron chi connectivity index (χ0n) is 12.1. The molecule has 0 saturated carbocycles. The molecule has 0 spiro atoms. The molecule has 0 radical (unpaired) electrons. The van der Waals surface area contributed by atoms with E-state index in [9.17, 15) is 18.0 Å². The van der Waals surface area contributed by atoms with Crippen molar-refractivity contribution in [3.05, 3.63) is 65.6 Å². The van der Waals surface area contributed by atoms with Crippen molar-refractivity contribution in [1.29, 1.82) is 0 Å². The molecule has 8 heteroatoms. The predicted molar refractivity (Wildman–Crippen MR) is 77.9 cm³/mol. The van der Waals surface area contributed by atoms with Crippen molar-refractivity contribution < 1.29 is 27.8 Å². The molecule has 0 fully saturated rings. The third kappa shape index (κ3) is 2.90. The summed E-state index contributed by atoms with van der Waals surface area (Å²) in [5, 5.41) is 9.11. The lowest BCUT2D eigenvalue weighted by Gasteiger charge is -2.07. The van der Waals surface area contributed by atoms with Gasteiger partial charge in [0.1, 0.15) is 6.61 Å². The number of fused-ring (bicyclic) bond motifs is 1. The van der Waals surface area contributed by atoms with Crippen LogP contribution in [-0.4, -0.2) is 20.5 Å². The van der Waals surface area contributed by atoms with Crippen LogP contribution in [-0.2, 0) is 12.8 Å². The monoisotopic (exact) mass is 336 g/mol. The first-order chi connectivity index (χ1) is 11.4. The third-order valence-electron chi connectivity index (χ3n) is 3.32. The van der Waals surface area contributed by atoms with Crippen LogP contribution in [0.5, 0.6) is 5.75 Å². The topological polar surface area (TPSA) is 63.8 Å². The highest BCUT2D eigenvalue weighted by Crippen LogP contribution is 2.34. The number of pyridine rings is 1. The van der Waals surface area contributed by atoms with Gasteiger partial charge in [0.25, 0.3) is 0 Å². The maximum Gasteiger partial charge on any atom is 0.435 e. The summed E-state index contributed by atoms with van der Waals surface area (Å²) < 4.78 is 45.5. The number of ether oxygens (including phenoxy) is 1. The number of carboxylic acid groups (broad SMARTS) is 1. The summed E-state index contributed by atoms with van der Waals surface area (Å²) in [7, 11) is 0. The van der Waals surface area contributed by atoms with E-state index in [0.29, 0.717) is 0 Å². The van der Waals surface area contributed by atoms with Gasteiger partial charge in [-0.2, -0.15) is 13.2 Å². The normalized spacial score (nSPS) is 11.6. The summed E-state index contributed by atoms with van der Waals surface area (Å²) in [6, 6.07) is 11.9. The average Bonchev–Trinajstić information content (AvgIpc) is 2.94. The molecule has 0 aliphatic carbocycles. The molecule has 3 rings (SSSR count). The van der Waals surface area contributed by atoms with Gasteiger partial charge >= 0.3 is 12.1 Å². The van der Waals surface area contributed by atoms with Crippen LogP contribution in [0.4, 0.5) is 13.2 Å². The molecule has 0 amide bonds. The number of hydrogen-bond donors (Lipinski definition) is 1. The van der Waals surface area contributed by atoms with Crippen molar-refractivity contribution in [2.24, 2.45) is 0 Å². The highest BCUT2D eigenvalue weighted by molar-refractivity contribution is 5.89. The summed E-state index contributed by atoms with van der Waals surface area (Å²) in [6.45, 7) is 0.122. The number of nitrogens with zero attached hydrogens (tertiary/aromatic N) is 2. The van der Waals surface area contributed by atoms with Gasteiger partial charge in [-0.05, 0) is 17.7 Å². The molecule has 124 valence electrons. The SMILES string of the molecule is O=C(O)c1c(C(F)(F)F)nc2c(OCc3ccccc3)cccn12. The standard InChI is InChI=1S/C16H11F3N2O3/c17-16(18,19)13-12(15(22)23)21-8-4-7-11(14(21)20-13)24-9-10-5-2-1-3-6-10/h1-8H,9H2,(H,22,23). The lowest BCUT2D eigenvalue weighted by Crippen LogP contribution is -2.13. The third-order valence-corrected chi connectivity index (χ3v) is 3.32. The van der Waals surface area contributed by atoms with Crippen LogP contribution >= 0.6 is 0 Å². The van der Waals surface area contributed by atoms with E-state index in [4.69, 9.17) is 9.84 Å². The van der Waals surface area contributed by atoms with Crippen molar-refractivity contribution in [1.82, 2.24) is 9.38 Å². The molecule has 0 atom stereocenters. The number of imidazole rings is 1. The van der Waals surface area contributed by atoms with Crippen LogP contribution in [0.2, 0.25) is 0 Å².